The lowest BCUT2D eigenvalue weighted by atomic mass is 10.1. The van der Waals surface area contributed by atoms with Crippen LogP contribution in [-0.4, -0.2) is 38.3 Å². The van der Waals surface area contributed by atoms with E-state index in [0.29, 0.717) is 6.42 Å². The summed E-state index contributed by atoms with van der Waals surface area (Å²) >= 11 is 0. The first kappa shape index (κ1) is 17.9. The molecule has 0 spiro atoms. The minimum atomic E-state index is -3.39. The summed E-state index contributed by atoms with van der Waals surface area (Å²) < 4.78 is 79.6. The average molecular weight is 355 g/mol. The summed E-state index contributed by atoms with van der Waals surface area (Å²) in [6, 6.07) is -0.370. The zero-order valence-electron chi connectivity index (χ0n) is 12.5. The Morgan fingerprint density at radius 2 is 1.65 bits per heavy atom. The number of piperidine rings is 1. The Hall–Kier alpha value is -1.42. The van der Waals surface area contributed by atoms with Gasteiger partial charge in [0, 0.05) is 19.1 Å². The van der Waals surface area contributed by atoms with Crippen LogP contribution in [0, 0.1) is 23.5 Å². The normalized spacial score (nSPS) is 16.8. The van der Waals surface area contributed by atoms with Gasteiger partial charge in [-0.2, -0.15) is 22.5 Å². The Morgan fingerprint density at radius 3 is 2.13 bits per heavy atom. The molecule has 1 N–H and O–H groups in total. The predicted octanol–water partition coefficient (Wildman–Crippen LogP) is 1.94. The van der Waals surface area contributed by atoms with Gasteiger partial charge in [0.15, 0.2) is 0 Å². The number of nitrogens with zero attached hydrogens (tertiary/aromatic N) is 2. The minimum Gasteiger partial charge on any atom is -0.366 e. The van der Waals surface area contributed by atoms with Gasteiger partial charge in [-0.05, 0) is 19.3 Å². The molecule has 0 atom stereocenters. The number of rotatable bonds is 5. The number of sulfonamides is 1. The molecule has 0 aromatic carbocycles. The van der Waals surface area contributed by atoms with Crippen LogP contribution in [0.1, 0.15) is 26.2 Å². The molecule has 1 aliphatic heterocycles. The zero-order valence-corrected chi connectivity index (χ0v) is 13.3. The van der Waals surface area contributed by atoms with Crippen molar-refractivity contribution < 1.29 is 26.0 Å². The van der Waals surface area contributed by atoms with Crippen molar-refractivity contribution in [3.8, 4) is 0 Å². The van der Waals surface area contributed by atoms with Crippen LogP contribution in [0.2, 0.25) is 0 Å². The molecule has 1 fully saturated rings. The Balaban J connectivity index is 2.09. The molecule has 0 amide bonds. The smallest absolute Gasteiger partial charge is 0.253 e. The van der Waals surface area contributed by atoms with Gasteiger partial charge in [-0.3, -0.25) is 0 Å². The minimum absolute atomic E-state index is 0.00273. The van der Waals surface area contributed by atoms with Gasteiger partial charge < -0.3 is 4.90 Å². The van der Waals surface area contributed by atoms with E-state index in [1.807, 2.05) is 0 Å². The summed E-state index contributed by atoms with van der Waals surface area (Å²) in [6.45, 7) is 1.87. The molecule has 2 heterocycles. The van der Waals surface area contributed by atoms with Gasteiger partial charge in [0.25, 0.3) is 11.9 Å². The second kappa shape index (κ2) is 7.00. The molecular weight excluding hydrogens is 338 g/mol. The zero-order chi connectivity index (χ0) is 17.2. The predicted molar refractivity (Wildman–Crippen MR) is 76.5 cm³/mol. The largest absolute Gasteiger partial charge is 0.366 e. The molecule has 1 aromatic rings. The molecule has 1 saturated heterocycles. The Bertz CT molecular complexity index is 650. The fraction of sp³-hybridized carbons (Fsp3) is 0.615. The molecule has 1 aliphatic rings. The molecule has 130 valence electrons. The van der Waals surface area contributed by atoms with Crippen molar-refractivity contribution in [2.45, 2.75) is 32.2 Å². The van der Waals surface area contributed by atoms with Gasteiger partial charge >= 0.3 is 0 Å². The van der Waals surface area contributed by atoms with Crippen molar-refractivity contribution in [2.24, 2.45) is 0 Å². The second-order valence-electron chi connectivity index (χ2n) is 5.37. The molecular formula is C13H17F4N3O2S. The number of anilines is 1. The molecule has 10 heteroatoms. The van der Waals surface area contributed by atoms with E-state index in [1.54, 1.807) is 6.92 Å². The van der Waals surface area contributed by atoms with Crippen LogP contribution < -0.4 is 9.62 Å². The van der Waals surface area contributed by atoms with E-state index >= 15 is 0 Å². The van der Waals surface area contributed by atoms with Crippen molar-refractivity contribution in [3.63, 3.8) is 0 Å². The van der Waals surface area contributed by atoms with Crippen LogP contribution in [0.4, 0.5) is 23.2 Å². The fourth-order valence-corrected chi connectivity index (χ4v) is 3.96. The first-order valence-corrected chi connectivity index (χ1v) is 8.85. The fourth-order valence-electron chi connectivity index (χ4n) is 2.56. The van der Waals surface area contributed by atoms with Gasteiger partial charge in [0.2, 0.25) is 21.7 Å². The van der Waals surface area contributed by atoms with Gasteiger partial charge in [-0.1, -0.05) is 6.92 Å². The van der Waals surface area contributed by atoms with E-state index < -0.39 is 39.2 Å². The number of aromatic nitrogens is 1. The Morgan fingerprint density at radius 1 is 1.13 bits per heavy atom. The third-order valence-corrected chi connectivity index (χ3v) is 5.24. The van der Waals surface area contributed by atoms with Crippen molar-refractivity contribution in [3.05, 3.63) is 23.5 Å². The van der Waals surface area contributed by atoms with Crippen molar-refractivity contribution in [2.75, 3.05) is 23.7 Å². The number of pyridine rings is 1. The maximum atomic E-state index is 13.7. The van der Waals surface area contributed by atoms with Gasteiger partial charge in [0.05, 0.1) is 5.75 Å². The highest BCUT2D eigenvalue weighted by Gasteiger charge is 2.29. The van der Waals surface area contributed by atoms with E-state index in [1.165, 1.54) is 0 Å². The van der Waals surface area contributed by atoms with E-state index in [-0.39, 0.29) is 37.7 Å². The molecule has 5 nitrogen and oxygen atoms in total. The second-order valence-corrected chi connectivity index (χ2v) is 7.24. The third kappa shape index (κ3) is 4.11. The topological polar surface area (TPSA) is 62.3 Å². The molecule has 23 heavy (non-hydrogen) atoms. The molecule has 0 aliphatic carbocycles. The van der Waals surface area contributed by atoms with E-state index in [2.05, 4.69) is 9.71 Å². The Kier molecular flexibility index (Phi) is 5.45. The van der Waals surface area contributed by atoms with Crippen molar-refractivity contribution in [1.82, 2.24) is 9.71 Å². The van der Waals surface area contributed by atoms with Gasteiger partial charge in [0.1, 0.15) is 5.69 Å². The monoisotopic (exact) mass is 355 g/mol. The van der Waals surface area contributed by atoms with E-state index in [0.717, 1.165) is 4.90 Å². The lowest BCUT2D eigenvalue weighted by Crippen LogP contribution is -2.45. The maximum Gasteiger partial charge on any atom is 0.253 e. The van der Waals surface area contributed by atoms with Gasteiger partial charge in [-0.25, -0.2) is 13.1 Å². The molecule has 0 unspecified atom stereocenters. The average Bonchev–Trinajstić information content (AvgIpc) is 2.47. The van der Waals surface area contributed by atoms with Crippen LogP contribution in [0.5, 0.6) is 0 Å². The van der Waals surface area contributed by atoms with E-state index in [4.69, 9.17) is 0 Å². The van der Waals surface area contributed by atoms with Crippen molar-refractivity contribution in [1.29, 1.82) is 0 Å². The summed E-state index contributed by atoms with van der Waals surface area (Å²) in [4.78, 5) is 3.67. The van der Waals surface area contributed by atoms with Crippen molar-refractivity contribution >= 4 is 15.7 Å². The van der Waals surface area contributed by atoms with Crippen LogP contribution >= 0.6 is 0 Å². The molecule has 2 rings (SSSR count). The molecule has 0 radical (unpaired) electrons. The number of nitrogens with one attached hydrogen (secondary N) is 1. The standard InChI is InChI=1S/C13H17F4N3O2S/c1-2-7-23(21,22)19-8-3-5-20(6-4-8)11-9(14)12(16)18-13(17)10(11)15/h8,19H,2-7H2,1H3. The number of halogens is 4. The lowest BCUT2D eigenvalue weighted by molar-refractivity contribution is 0.396. The van der Waals surface area contributed by atoms with Crippen LogP contribution in [0.15, 0.2) is 0 Å². The third-order valence-electron chi connectivity index (χ3n) is 3.60. The first-order chi connectivity index (χ1) is 10.7. The van der Waals surface area contributed by atoms with Crippen LogP contribution in [0.3, 0.4) is 0 Å². The first-order valence-electron chi connectivity index (χ1n) is 7.20. The van der Waals surface area contributed by atoms with Crippen LogP contribution in [0.25, 0.3) is 0 Å². The Labute approximate surface area is 131 Å². The molecule has 0 saturated carbocycles. The molecule has 0 bridgehead atoms. The number of hydrogen-bond donors (Lipinski definition) is 1. The highest BCUT2D eigenvalue weighted by atomic mass is 32.2. The summed E-state index contributed by atoms with van der Waals surface area (Å²) in [7, 11) is -3.39. The number of hydrogen-bond acceptors (Lipinski definition) is 4. The maximum absolute atomic E-state index is 13.7. The summed E-state index contributed by atoms with van der Waals surface area (Å²) in [5.41, 5.74) is -0.801. The summed E-state index contributed by atoms with van der Waals surface area (Å²) in [5.74, 6) is -6.51. The van der Waals surface area contributed by atoms with Gasteiger partial charge in [-0.15, -0.1) is 0 Å². The lowest BCUT2D eigenvalue weighted by Gasteiger charge is -2.34. The highest BCUT2D eigenvalue weighted by molar-refractivity contribution is 7.89. The molecule has 1 aromatic heterocycles. The van der Waals surface area contributed by atoms with E-state index in [9.17, 15) is 26.0 Å². The summed E-state index contributed by atoms with van der Waals surface area (Å²) in [6.07, 6.45) is 1.01. The highest BCUT2D eigenvalue weighted by Crippen LogP contribution is 2.28. The van der Waals surface area contributed by atoms with Crippen LogP contribution in [-0.2, 0) is 10.0 Å². The quantitative estimate of drug-likeness (QED) is 0.648. The summed E-state index contributed by atoms with van der Waals surface area (Å²) in [5, 5.41) is 0. The SMILES string of the molecule is CCCS(=O)(=O)NC1CCN(c2c(F)c(F)nc(F)c2F)CC1.